The number of carboxylic acid groups (broad SMARTS) is 2. The number of benzene rings is 4. The van der Waals surface area contributed by atoms with Crippen LogP contribution in [0.4, 0.5) is 0 Å². The molecule has 0 amide bonds. The number of rotatable bonds is 11. The van der Waals surface area contributed by atoms with Crippen molar-refractivity contribution >= 4 is 118 Å². The maximum absolute atomic E-state index is 11.0. The minimum Gasteiger partial charge on any atom is -0.870 e. The molecule has 98 heavy (non-hydrogen) atoms. The molecule has 8 aromatic rings. The second-order valence-electron chi connectivity index (χ2n) is 21.5. The molecule has 536 valence electrons. The number of carbonyl (C=O) groups is 2. The first-order valence-corrected chi connectivity index (χ1v) is 33.9. The van der Waals surface area contributed by atoms with Gasteiger partial charge in [0.2, 0.25) is 0 Å². The van der Waals surface area contributed by atoms with Crippen molar-refractivity contribution in [1.82, 2.24) is 19.9 Å². The van der Waals surface area contributed by atoms with E-state index in [-0.39, 0.29) is 60.8 Å². The number of aliphatic hydroxyl groups excluding tert-OH is 1. The maximum Gasteiger partial charge on any atom is 1.00 e. The van der Waals surface area contributed by atoms with Gasteiger partial charge in [0.1, 0.15) is 34.6 Å². The van der Waals surface area contributed by atoms with Gasteiger partial charge in [-0.25, -0.2) is 9.59 Å². The topological polar surface area (TPSA) is 263 Å². The van der Waals surface area contributed by atoms with Crippen LogP contribution in [0.2, 0.25) is 0 Å². The van der Waals surface area contributed by atoms with Crippen molar-refractivity contribution < 1.29 is 93.8 Å². The summed E-state index contributed by atoms with van der Waals surface area (Å²) in [5, 5.41) is 45.6. The Hall–Kier alpha value is -4.69. The normalized spacial score (nSPS) is 9.68. The van der Waals surface area contributed by atoms with Gasteiger partial charge in [0.25, 0.3) is 3.25 Å². The number of aromatic hydroxyl groups is 2. The van der Waals surface area contributed by atoms with Crippen LogP contribution in [0.15, 0.2) is 112 Å². The number of phenolic OH excluding ortho intramolecular Hbond substituents is 2. The average Bonchev–Trinajstić information content (AvgIpc) is 0.841. The number of carboxylic acids is 2. The first-order chi connectivity index (χ1) is 44.6. The number of hydrogen-bond donors (Lipinski definition) is 5. The Morgan fingerprint density at radius 2 is 0.796 bits per heavy atom. The van der Waals surface area contributed by atoms with Crippen LogP contribution < -0.4 is 39.0 Å². The van der Waals surface area contributed by atoms with Gasteiger partial charge >= 0.3 is 41.5 Å². The van der Waals surface area contributed by atoms with E-state index in [0.717, 1.165) is 105 Å². The molecular weight excluding hydrogens is 1570 g/mol. The second kappa shape index (κ2) is 54.1. The molecule has 6 N–H and O–H groups in total. The smallest absolute Gasteiger partial charge is 0.870 e. The number of aromatic nitrogens is 4. The number of aliphatic hydroxyl groups is 1. The number of aromatic carboxylic acids is 2. The van der Waals surface area contributed by atoms with E-state index in [0.29, 0.717) is 28.9 Å². The predicted molar refractivity (Wildman–Crippen MR) is 405 cm³/mol. The maximum atomic E-state index is 11.0. The first kappa shape index (κ1) is 99.7. The molecule has 0 aliphatic heterocycles. The van der Waals surface area contributed by atoms with E-state index < -0.39 is 15.2 Å². The van der Waals surface area contributed by atoms with Crippen molar-refractivity contribution in [2.24, 2.45) is 0 Å². The number of alkyl halides is 6. The van der Waals surface area contributed by atoms with Crippen molar-refractivity contribution in [2.45, 2.75) is 133 Å². The molecule has 4 aromatic carbocycles. The summed E-state index contributed by atoms with van der Waals surface area (Å²) < 4.78 is 24.7. The number of halogens is 8. The van der Waals surface area contributed by atoms with E-state index in [9.17, 15) is 14.7 Å². The number of ether oxygens (including phenoxy) is 5. The van der Waals surface area contributed by atoms with Crippen LogP contribution in [0.3, 0.4) is 0 Å². The fourth-order valence-corrected chi connectivity index (χ4v) is 10.1. The largest absolute Gasteiger partial charge is 1.00 e. The molecule has 8 rings (SSSR count). The van der Waals surface area contributed by atoms with Crippen molar-refractivity contribution in [1.29, 1.82) is 0 Å². The van der Waals surface area contributed by atoms with Gasteiger partial charge in [0.15, 0.2) is 13.6 Å². The molecule has 0 spiro atoms. The molecule has 0 aliphatic rings. The summed E-state index contributed by atoms with van der Waals surface area (Å²) in [4.78, 5) is 38.2. The second-order valence-corrected chi connectivity index (χ2v) is 27.4. The van der Waals surface area contributed by atoms with Crippen LogP contribution in [-0.4, -0.2) is 107 Å². The van der Waals surface area contributed by atoms with Crippen molar-refractivity contribution in [3.63, 3.8) is 0 Å². The number of hydrogen-bond acceptors (Lipinski definition) is 15. The van der Waals surface area contributed by atoms with Crippen LogP contribution in [-0.2, 0) is 26.1 Å². The summed E-state index contributed by atoms with van der Waals surface area (Å²) in [7, 11) is 4.65. The van der Waals surface area contributed by atoms with Crippen molar-refractivity contribution in [3.8, 4) is 23.0 Å². The molecule has 0 aliphatic carbocycles. The molecule has 17 nitrogen and oxygen atoms in total. The Morgan fingerprint density at radius 1 is 0.459 bits per heavy atom. The molecule has 26 heteroatoms. The Labute approximate surface area is 652 Å². The van der Waals surface area contributed by atoms with Gasteiger partial charge < -0.3 is 54.7 Å². The number of aryl methyl sites for hydroxylation is 17. The fraction of sp³-hybridized carbons (Fsp3) is 0.361. The molecule has 0 fully saturated rings. The summed E-state index contributed by atoms with van der Waals surface area (Å²) >= 11 is 34.4. The van der Waals surface area contributed by atoms with Gasteiger partial charge in [0, 0.05) is 72.2 Å². The summed E-state index contributed by atoms with van der Waals surface area (Å²) in [6, 6.07) is 32.4. The Morgan fingerprint density at radius 3 is 1.12 bits per heavy atom. The van der Waals surface area contributed by atoms with Crippen LogP contribution in [0.5, 0.6) is 23.0 Å². The zero-order valence-corrected chi connectivity index (χ0v) is 70.2. The van der Waals surface area contributed by atoms with E-state index in [1.54, 1.807) is 52.3 Å². The molecule has 0 atom stereocenters. The zero-order chi connectivity index (χ0) is 74.2. The molecule has 0 saturated heterocycles. The molecular formula is C72H93Br3Cl5N4NaO13. The SMILES string of the molecule is COCCl.COCOc1c(C)cc(C)cc1Br.COCOc1c(C)cc(C)cc1C(=O)O.Cc1cc(C(=O)O)cc(C)n1.Cc1cc(C)c(O)c(Br)c1.Cc1cc(C)nc(C)c1.Cc1cc(CBr)cc(C)n1.Cc1cc(CO)cc(C)n1.Cc1ccc(O)c(C)c1.ClC(Cl)(Cl)Cl.[Na+].[OH-]. The molecule has 0 saturated carbocycles. The minimum atomic E-state index is -1.61. The monoisotopic (exact) mass is 1660 g/mol. The number of phenols is 2. The average molecular weight is 1660 g/mol. The van der Waals surface area contributed by atoms with Crippen molar-refractivity contribution in [3.05, 3.63) is 230 Å². The van der Waals surface area contributed by atoms with Gasteiger partial charge in [-0.3, -0.25) is 19.9 Å². The number of pyridine rings is 4. The Bertz CT molecular complexity index is 3450. The van der Waals surface area contributed by atoms with E-state index in [2.05, 4.69) is 117 Å². The Kier molecular flexibility index (Phi) is 55.0. The van der Waals surface area contributed by atoms with Crippen LogP contribution in [0, 0.1) is 118 Å². The third-order valence-electron chi connectivity index (χ3n) is 11.7. The van der Waals surface area contributed by atoms with Gasteiger partial charge in [-0.05, 0) is 278 Å². The standard InChI is InChI=1S/C11H14O4.C10H13BrO2.C8H10BrN.C8H9BrO.C8H9NO2.C8H11NO.C8H11N.C8H10O.C2H5ClO.CCl4.Na.H2O/c1-7-4-8(2)10(15-6-14-3)9(5-7)11(12)13;1-7-4-8(2)10(9(11)5-7)13-6-12-3;1-6-3-8(5-9)4-7(2)10-6;1-5-3-6(2)8(10)7(9)4-5;1-5-3-7(8(10)11)4-6(2)9-5;1-6-3-8(5-10)4-7(2)9-6;1-6-4-7(2)9-8(3)5-6;1-6-3-4-8(9)7(2)5-6;1-4-2-3;2-1(3,4)5;;/h4-5H,6H2,1-3H3,(H,12,13);4-5H,6H2,1-3H3;3-4H,5H2,1-2H3;3-4,10H,1-2H3;3-4H,1-2H3,(H,10,11);3-4,10H,5H2,1-2H3;4-5H,1-3H3;3-5,9H,1-2H3;2H2,1H3;;;1H2/q;;;;;;;;;;+1;/p-1. The quantitative estimate of drug-likeness (QED) is 0.0458. The van der Waals surface area contributed by atoms with Gasteiger partial charge in [-0.15, -0.1) is 0 Å². The Balaban J connectivity index is -0.000000507. The van der Waals surface area contributed by atoms with Gasteiger partial charge in [-0.1, -0.05) is 110 Å². The molecule has 0 bridgehead atoms. The predicted octanol–water partition coefficient (Wildman–Crippen LogP) is 17.2. The van der Waals surface area contributed by atoms with Crippen LogP contribution in [0.25, 0.3) is 0 Å². The van der Waals surface area contributed by atoms with E-state index in [1.807, 2.05) is 139 Å². The summed E-state index contributed by atoms with van der Waals surface area (Å²) in [5.74, 6) is 0.0418. The molecule has 0 radical (unpaired) electrons. The number of methoxy groups -OCH3 is 3. The third-order valence-corrected chi connectivity index (χ3v) is 13.8. The van der Waals surface area contributed by atoms with Gasteiger partial charge in [-0.2, -0.15) is 0 Å². The molecule has 0 unspecified atom stereocenters. The van der Waals surface area contributed by atoms with Crippen LogP contribution >= 0.6 is 106 Å². The summed E-state index contributed by atoms with van der Waals surface area (Å²) in [6.45, 7) is 33.5. The van der Waals surface area contributed by atoms with Crippen LogP contribution in [0.1, 0.15) is 127 Å². The zero-order valence-electron chi connectivity index (χ0n) is 59.7. The third kappa shape index (κ3) is 47.4. The van der Waals surface area contributed by atoms with Gasteiger partial charge in [0.05, 0.1) is 21.1 Å². The summed E-state index contributed by atoms with van der Waals surface area (Å²) in [5.41, 5.74) is 20.0. The first-order valence-electron chi connectivity index (χ1n) is 29.2. The number of nitrogens with zero attached hydrogens (tertiary/aromatic N) is 4. The minimum absolute atomic E-state index is 0. The van der Waals surface area contributed by atoms with Crippen molar-refractivity contribution in [2.75, 3.05) is 41.0 Å². The van der Waals surface area contributed by atoms with E-state index in [4.69, 9.17) is 97.4 Å². The molecule has 4 aromatic heterocycles. The summed E-state index contributed by atoms with van der Waals surface area (Å²) in [6.07, 6.45) is 0. The fourth-order valence-electron chi connectivity index (χ4n) is 8.35. The van der Waals surface area contributed by atoms with E-state index >= 15 is 0 Å². The molecule has 4 heterocycles. The van der Waals surface area contributed by atoms with E-state index in [1.165, 1.54) is 29.4 Å².